The van der Waals surface area contributed by atoms with Crippen molar-refractivity contribution in [3.63, 3.8) is 0 Å². The van der Waals surface area contributed by atoms with E-state index in [4.69, 9.17) is 14.5 Å². The van der Waals surface area contributed by atoms with Gasteiger partial charge < -0.3 is 14.4 Å². The minimum Gasteiger partial charge on any atom is -0.493 e. The molecule has 1 aromatic heterocycles. The Morgan fingerprint density at radius 1 is 1.25 bits per heavy atom. The average molecular weight is 462 g/mol. The normalized spacial score (nSPS) is 23.7. The summed E-state index contributed by atoms with van der Waals surface area (Å²) in [6, 6.07) is 10.1. The second kappa shape index (κ2) is 7.95. The predicted octanol–water partition coefficient (Wildman–Crippen LogP) is 5.23. The molecule has 3 heterocycles. The number of methoxy groups -OCH3 is 1. The molecule has 0 unspecified atom stereocenters. The van der Waals surface area contributed by atoms with Crippen LogP contribution in [0.2, 0.25) is 0 Å². The third kappa shape index (κ3) is 3.62. The number of thioether (sulfide) groups is 1. The number of hydrogen-bond acceptors (Lipinski definition) is 6. The van der Waals surface area contributed by atoms with Crippen LogP contribution < -0.4 is 9.47 Å². The van der Waals surface area contributed by atoms with Crippen molar-refractivity contribution in [2.45, 2.75) is 44.2 Å². The number of fused-ring (bicyclic) bond motifs is 1. The van der Waals surface area contributed by atoms with Crippen molar-refractivity contribution in [3.05, 3.63) is 52.3 Å². The highest BCUT2D eigenvalue weighted by Gasteiger charge is 2.44. The van der Waals surface area contributed by atoms with Crippen LogP contribution >= 0.6 is 27.7 Å². The number of halogens is 1. The van der Waals surface area contributed by atoms with Crippen molar-refractivity contribution in [1.82, 2.24) is 9.88 Å². The van der Waals surface area contributed by atoms with Crippen molar-refractivity contribution < 1.29 is 9.47 Å². The first-order valence-electron chi connectivity index (χ1n) is 9.44. The summed E-state index contributed by atoms with van der Waals surface area (Å²) in [7, 11) is 1.68. The molecular formula is C21H24BrN3O2S. The van der Waals surface area contributed by atoms with Crippen LogP contribution in [0.4, 0.5) is 0 Å². The maximum atomic E-state index is 5.94. The fourth-order valence-corrected chi connectivity index (χ4v) is 5.39. The highest BCUT2D eigenvalue weighted by molar-refractivity contribution is 9.10. The predicted molar refractivity (Wildman–Crippen MR) is 117 cm³/mol. The molecule has 0 saturated carbocycles. The minimum absolute atomic E-state index is 0.0472. The standard InChI is InChI=1S/C21H24BrN3O2S/c1-12(2)27-18-10-15(22)14(9-17(18)26-4)20-19(16-7-5-6-8-23-16)24-21-25(20)11-13(3)28-21/h5-10,12-13,19-20H,11H2,1-4H3/t13-,19-,20+/m0/s1. The van der Waals surface area contributed by atoms with Gasteiger partial charge in [-0.15, -0.1) is 0 Å². The quantitative estimate of drug-likeness (QED) is 0.609. The molecule has 148 valence electrons. The van der Waals surface area contributed by atoms with Crippen LogP contribution in [-0.4, -0.2) is 40.1 Å². The number of hydrogen-bond donors (Lipinski definition) is 0. The second-order valence-electron chi connectivity index (χ2n) is 7.33. The number of benzene rings is 1. The molecule has 0 radical (unpaired) electrons. The summed E-state index contributed by atoms with van der Waals surface area (Å²) in [5.74, 6) is 1.48. The number of aliphatic imine (C=N–C) groups is 1. The Bertz CT molecular complexity index is 891. The summed E-state index contributed by atoms with van der Waals surface area (Å²) in [5.41, 5.74) is 2.12. The molecule has 2 aliphatic heterocycles. The Kier molecular flexibility index (Phi) is 5.56. The molecule has 0 bridgehead atoms. The monoisotopic (exact) mass is 461 g/mol. The molecule has 0 spiro atoms. The number of nitrogens with zero attached hydrogens (tertiary/aromatic N) is 3. The van der Waals surface area contributed by atoms with Crippen LogP contribution in [0.3, 0.4) is 0 Å². The van der Waals surface area contributed by atoms with Gasteiger partial charge in [0.05, 0.1) is 24.9 Å². The number of aromatic nitrogens is 1. The SMILES string of the molecule is COc1cc([C@@H]2[C@H](c3ccccn3)N=C3S[C@@H](C)CN32)c(Br)cc1OC(C)C. The summed E-state index contributed by atoms with van der Waals surface area (Å²) in [6.07, 6.45) is 1.91. The first kappa shape index (κ1) is 19.6. The lowest BCUT2D eigenvalue weighted by atomic mass is 9.96. The molecule has 4 rings (SSSR count). The average Bonchev–Trinajstić information content (AvgIpc) is 3.18. The molecule has 0 aliphatic carbocycles. The Labute approximate surface area is 178 Å². The van der Waals surface area contributed by atoms with Crippen LogP contribution in [0.25, 0.3) is 0 Å². The van der Waals surface area contributed by atoms with Gasteiger partial charge in [-0.2, -0.15) is 0 Å². The fourth-order valence-electron chi connectivity index (χ4n) is 3.74. The van der Waals surface area contributed by atoms with Gasteiger partial charge in [-0.1, -0.05) is 40.7 Å². The first-order chi connectivity index (χ1) is 13.5. The highest BCUT2D eigenvalue weighted by Crippen LogP contribution is 2.50. The van der Waals surface area contributed by atoms with Gasteiger partial charge in [-0.3, -0.25) is 9.98 Å². The molecule has 2 aliphatic rings. The largest absolute Gasteiger partial charge is 0.493 e. The molecule has 1 fully saturated rings. The zero-order valence-electron chi connectivity index (χ0n) is 16.4. The van der Waals surface area contributed by atoms with Gasteiger partial charge >= 0.3 is 0 Å². The number of amidine groups is 1. The summed E-state index contributed by atoms with van der Waals surface area (Å²) in [6.45, 7) is 7.24. The van der Waals surface area contributed by atoms with Crippen LogP contribution in [0.1, 0.15) is 44.1 Å². The summed E-state index contributed by atoms with van der Waals surface area (Å²) in [5, 5.41) is 1.62. The van der Waals surface area contributed by atoms with E-state index in [9.17, 15) is 0 Å². The van der Waals surface area contributed by atoms with Crippen LogP contribution in [-0.2, 0) is 0 Å². The molecule has 1 aromatic carbocycles. The van der Waals surface area contributed by atoms with E-state index in [-0.39, 0.29) is 18.2 Å². The molecule has 3 atom stereocenters. The van der Waals surface area contributed by atoms with Gasteiger partial charge in [-0.25, -0.2) is 0 Å². The molecule has 28 heavy (non-hydrogen) atoms. The maximum Gasteiger partial charge on any atom is 0.162 e. The number of rotatable bonds is 5. The molecular weight excluding hydrogens is 438 g/mol. The fraction of sp³-hybridized carbons (Fsp3) is 0.429. The molecule has 0 amide bonds. The van der Waals surface area contributed by atoms with E-state index >= 15 is 0 Å². The van der Waals surface area contributed by atoms with E-state index in [1.54, 1.807) is 7.11 Å². The molecule has 7 heteroatoms. The van der Waals surface area contributed by atoms with Crippen LogP contribution in [0.5, 0.6) is 11.5 Å². The summed E-state index contributed by atoms with van der Waals surface area (Å²) >= 11 is 5.62. The lowest BCUT2D eigenvalue weighted by molar-refractivity contribution is 0.229. The molecule has 0 N–H and O–H groups in total. The Balaban J connectivity index is 1.79. The summed E-state index contributed by atoms with van der Waals surface area (Å²) in [4.78, 5) is 12.0. The van der Waals surface area contributed by atoms with Crippen molar-refractivity contribution >= 4 is 32.9 Å². The van der Waals surface area contributed by atoms with Crippen LogP contribution in [0, 0.1) is 0 Å². The van der Waals surface area contributed by atoms with E-state index in [2.05, 4.69) is 44.9 Å². The van der Waals surface area contributed by atoms with E-state index in [1.165, 1.54) is 0 Å². The van der Waals surface area contributed by atoms with Gasteiger partial charge in [0.25, 0.3) is 0 Å². The second-order valence-corrected chi connectivity index (χ2v) is 9.59. The van der Waals surface area contributed by atoms with Crippen molar-refractivity contribution in [2.24, 2.45) is 4.99 Å². The third-order valence-corrected chi connectivity index (χ3v) is 6.63. The van der Waals surface area contributed by atoms with Crippen molar-refractivity contribution in [2.75, 3.05) is 13.7 Å². The zero-order valence-corrected chi connectivity index (χ0v) is 18.8. The van der Waals surface area contributed by atoms with E-state index < -0.39 is 0 Å². The molecule has 1 saturated heterocycles. The Morgan fingerprint density at radius 3 is 2.75 bits per heavy atom. The minimum atomic E-state index is -0.0472. The topological polar surface area (TPSA) is 47.0 Å². The number of pyridine rings is 1. The van der Waals surface area contributed by atoms with Gasteiger partial charge in [0.1, 0.15) is 6.04 Å². The van der Waals surface area contributed by atoms with Crippen molar-refractivity contribution in [3.8, 4) is 11.5 Å². The van der Waals surface area contributed by atoms with Gasteiger partial charge in [0, 0.05) is 22.5 Å². The highest BCUT2D eigenvalue weighted by atomic mass is 79.9. The zero-order chi connectivity index (χ0) is 19.8. The van der Waals surface area contributed by atoms with Crippen LogP contribution in [0.15, 0.2) is 46.0 Å². The smallest absolute Gasteiger partial charge is 0.162 e. The van der Waals surface area contributed by atoms with Gasteiger partial charge in [-0.05, 0) is 43.7 Å². The van der Waals surface area contributed by atoms with Gasteiger partial charge in [0.2, 0.25) is 0 Å². The van der Waals surface area contributed by atoms with Gasteiger partial charge in [0.15, 0.2) is 16.7 Å². The van der Waals surface area contributed by atoms with E-state index in [1.807, 2.05) is 50.0 Å². The lowest BCUT2D eigenvalue weighted by Crippen LogP contribution is -2.29. The molecule has 5 nitrogen and oxygen atoms in total. The maximum absolute atomic E-state index is 5.94. The third-order valence-electron chi connectivity index (χ3n) is 4.85. The van der Waals surface area contributed by atoms with E-state index in [0.29, 0.717) is 5.25 Å². The lowest BCUT2D eigenvalue weighted by Gasteiger charge is -2.29. The van der Waals surface area contributed by atoms with E-state index in [0.717, 1.165) is 38.9 Å². The summed E-state index contributed by atoms with van der Waals surface area (Å²) < 4.78 is 12.6. The van der Waals surface area contributed by atoms with Crippen molar-refractivity contribution in [1.29, 1.82) is 0 Å². The Hall–Kier alpha value is -1.73. The Morgan fingerprint density at radius 2 is 2.07 bits per heavy atom. The number of ether oxygens (including phenoxy) is 2. The first-order valence-corrected chi connectivity index (χ1v) is 11.1. The molecule has 2 aromatic rings.